The number of nitrogens with one attached hydrogen (secondary N) is 1. The van der Waals surface area contributed by atoms with E-state index < -0.39 is 10.8 Å². The van der Waals surface area contributed by atoms with Crippen molar-refractivity contribution in [2.75, 3.05) is 23.3 Å². The molecular formula is C19H19Cl2N3O3. The van der Waals surface area contributed by atoms with Crippen molar-refractivity contribution in [2.24, 2.45) is 5.92 Å². The van der Waals surface area contributed by atoms with Gasteiger partial charge in [-0.25, -0.2) is 0 Å². The minimum absolute atomic E-state index is 0.0746. The fourth-order valence-corrected chi connectivity index (χ4v) is 3.45. The van der Waals surface area contributed by atoms with E-state index in [1.54, 1.807) is 24.3 Å². The standard InChI is InChI=1S/C19H19Cl2N3O3/c1-12-6-8-23(9-7-12)17-5-2-13(10-18(17)24(26)27)19(25)22-16-11-14(20)3-4-15(16)21/h2-5,10-12H,6-9H2,1H3,(H,22,25). The number of nitrogens with zero attached hydrogens (tertiary/aromatic N) is 2. The molecule has 3 rings (SSSR count). The third-order valence-electron chi connectivity index (χ3n) is 4.74. The molecule has 8 heteroatoms. The SMILES string of the molecule is CC1CCN(c2ccc(C(=O)Nc3cc(Cl)ccc3Cl)cc2[N+](=O)[O-])CC1. The summed E-state index contributed by atoms with van der Waals surface area (Å²) in [7, 11) is 0. The number of halogens is 2. The first-order valence-corrected chi connectivity index (χ1v) is 9.40. The third kappa shape index (κ3) is 4.51. The number of nitro benzene ring substituents is 1. The third-order valence-corrected chi connectivity index (χ3v) is 5.30. The summed E-state index contributed by atoms with van der Waals surface area (Å²) < 4.78 is 0. The fourth-order valence-electron chi connectivity index (χ4n) is 3.12. The van der Waals surface area contributed by atoms with E-state index in [1.807, 2.05) is 4.90 Å². The Hall–Kier alpha value is -2.31. The minimum atomic E-state index is -0.485. The van der Waals surface area contributed by atoms with Crippen molar-refractivity contribution in [3.05, 3.63) is 62.1 Å². The molecule has 1 heterocycles. The molecule has 1 amide bonds. The highest BCUT2D eigenvalue weighted by atomic mass is 35.5. The van der Waals surface area contributed by atoms with Crippen LogP contribution in [0.2, 0.25) is 10.0 Å². The Morgan fingerprint density at radius 2 is 1.89 bits per heavy atom. The molecule has 142 valence electrons. The molecule has 1 N–H and O–H groups in total. The number of carbonyl (C=O) groups is 1. The molecule has 0 bridgehead atoms. The van der Waals surface area contributed by atoms with Crippen LogP contribution in [0.1, 0.15) is 30.1 Å². The van der Waals surface area contributed by atoms with Crippen LogP contribution in [0.5, 0.6) is 0 Å². The van der Waals surface area contributed by atoms with Gasteiger partial charge in [0.1, 0.15) is 5.69 Å². The summed E-state index contributed by atoms with van der Waals surface area (Å²) >= 11 is 12.0. The Morgan fingerprint density at radius 3 is 2.56 bits per heavy atom. The van der Waals surface area contributed by atoms with E-state index in [0.29, 0.717) is 27.3 Å². The molecule has 0 spiro atoms. The molecule has 0 aliphatic carbocycles. The summed E-state index contributed by atoms with van der Waals surface area (Å²) in [6.45, 7) is 3.72. The van der Waals surface area contributed by atoms with Gasteiger partial charge in [0.05, 0.1) is 15.6 Å². The van der Waals surface area contributed by atoms with E-state index in [1.165, 1.54) is 12.1 Å². The highest BCUT2D eigenvalue weighted by Crippen LogP contribution is 2.33. The maximum absolute atomic E-state index is 12.5. The van der Waals surface area contributed by atoms with Gasteiger partial charge in [-0.2, -0.15) is 0 Å². The minimum Gasteiger partial charge on any atom is -0.366 e. The van der Waals surface area contributed by atoms with E-state index in [4.69, 9.17) is 23.2 Å². The Labute approximate surface area is 167 Å². The van der Waals surface area contributed by atoms with Crippen LogP contribution >= 0.6 is 23.2 Å². The van der Waals surface area contributed by atoms with Crippen molar-refractivity contribution in [1.29, 1.82) is 0 Å². The molecule has 0 saturated carbocycles. The van der Waals surface area contributed by atoms with Crippen LogP contribution in [0.15, 0.2) is 36.4 Å². The van der Waals surface area contributed by atoms with Gasteiger partial charge in [-0.1, -0.05) is 30.1 Å². The molecular weight excluding hydrogens is 389 g/mol. The molecule has 1 fully saturated rings. The second-order valence-corrected chi connectivity index (χ2v) is 7.55. The average molecular weight is 408 g/mol. The molecule has 6 nitrogen and oxygen atoms in total. The predicted molar refractivity (Wildman–Crippen MR) is 108 cm³/mol. The van der Waals surface area contributed by atoms with Crippen LogP contribution < -0.4 is 10.2 Å². The van der Waals surface area contributed by atoms with Gasteiger partial charge in [0, 0.05) is 29.7 Å². The van der Waals surface area contributed by atoms with Gasteiger partial charge in [0.2, 0.25) is 0 Å². The summed E-state index contributed by atoms with van der Waals surface area (Å²) in [6.07, 6.45) is 1.99. The lowest BCUT2D eigenvalue weighted by Crippen LogP contribution is -2.33. The van der Waals surface area contributed by atoms with Gasteiger partial charge < -0.3 is 10.2 Å². The smallest absolute Gasteiger partial charge is 0.293 e. The first-order chi connectivity index (χ1) is 12.8. The lowest BCUT2D eigenvalue weighted by molar-refractivity contribution is -0.384. The van der Waals surface area contributed by atoms with E-state index in [9.17, 15) is 14.9 Å². The number of rotatable bonds is 4. The van der Waals surface area contributed by atoms with Crippen LogP contribution in [-0.2, 0) is 0 Å². The predicted octanol–water partition coefficient (Wildman–Crippen LogP) is 5.39. The second-order valence-electron chi connectivity index (χ2n) is 6.71. The van der Waals surface area contributed by atoms with Crippen molar-refractivity contribution in [1.82, 2.24) is 0 Å². The maximum atomic E-state index is 12.5. The lowest BCUT2D eigenvalue weighted by Gasteiger charge is -2.31. The molecule has 2 aromatic carbocycles. The number of anilines is 2. The number of piperidine rings is 1. The molecule has 2 aromatic rings. The molecule has 1 aliphatic heterocycles. The highest BCUT2D eigenvalue weighted by Gasteiger charge is 2.25. The second kappa shape index (κ2) is 8.15. The van der Waals surface area contributed by atoms with Crippen molar-refractivity contribution in [2.45, 2.75) is 19.8 Å². The Bertz CT molecular complexity index is 880. The van der Waals surface area contributed by atoms with Crippen LogP contribution in [0, 0.1) is 16.0 Å². The highest BCUT2D eigenvalue weighted by molar-refractivity contribution is 6.35. The zero-order chi connectivity index (χ0) is 19.6. The number of hydrogen-bond acceptors (Lipinski definition) is 4. The molecule has 27 heavy (non-hydrogen) atoms. The fraction of sp³-hybridized carbons (Fsp3) is 0.316. The monoisotopic (exact) mass is 407 g/mol. The van der Waals surface area contributed by atoms with Gasteiger partial charge in [-0.15, -0.1) is 0 Å². The van der Waals surface area contributed by atoms with Crippen LogP contribution in [0.3, 0.4) is 0 Å². The van der Waals surface area contributed by atoms with Crippen LogP contribution in [-0.4, -0.2) is 23.9 Å². The summed E-state index contributed by atoms with van der Waals surface area (Å²) in [6, 6.07) is 9.25. The molecule has 1 aliphatic rings. The number of hydrogen-bond donors (Lipinski definition) is 1. The van der Waals surface area contributed by atoms with Gasteiger partial charge >= 0.3 is 0 Å². The Kier molecular flexibility index (Phi) is 5.87. The topological polar surface area (TPSA) is 75.5 Å². The maximum Gasteiger partial charge on any atom is 0.293 e. The van der Waals surface area contributed by atoms with Crippen molar-refractivity contribution >= 4 is 46.2 Å². The summed E-state index contributed by atoms with van der Waals surface area (Å²) in [5, 5.41) is 15.0. The van der Waals surface area contributed by atoms with Gasteiger partial charge in [0.15, 0.2) is 0 Å². The van der Waals surface area contributed by atoms with E-state index in [2.05, 4.69) is 12.2 Å². The van der Waals surface area contributed by atoms with E-state index in [0.717, 1.165) is 25.9 Å². The van der Waals surface area contributed by atoms with Crippen LogP contribution in [0.25, 0.3) is 0 Å². The van der Waals surface area contributed by atoms with Crippen molar-refractivity contribution < 1.29 is 9.72 Å². The first kappa shape index (κ1) is 19.5. The summed E-state index contributed by atoms with van der Waals surface area (Å²) in [4.78, 5) is 25.7. The summed E-state index contributed by atoms with van der Waals surface area (Å²) in [5.41, 5.74) is 1.01. The molecule has 0 atom stereocenters. The van der Waals surface area contributed by atoms with Crippen molar-refractivity contribution in [3.8, 4) is 0 Å². The van der Waals surface area contributed by atoms with Gasteiger partial charge in [-0.05, 0) is 49.1 Å². The first-order valence-electron chi connectivity index (χ1n) is 8.65. The molecule has 0 radical (unpaired) electrons. The van der Waals surface area contributed by atoms with Crippen molar-refractivity contribution in [3.63, 3.8) is 0 Å². The summed E-state index contributed by atoms with van der Waals surface area (Å²) in [5.74, 6) is 0.133. The zero-order valence-electron chi connectivity index (χ0n) is 14.7. The number of nitro groups is 1. The molecule has 0 unspecified atom stereocenters. The Balaban J connectivity index is 1.86. The molecule has 0 aromatic heterocycles. The van der Waals surface area contributed by atoms with Gasteiger partial charge in [-0.3, -0.25) is 14.9 Å². The van der Waals surface area contributed by atoms with E-state index in [-0.39, 0.29) is 11.3 Å². The largest absolute Gasteiger partial charge is 0.366 e. The average Bonchev–Trinajstić information content (AvgIpc) is 2.65. The Morgan fingerprint density at radius 1 is 1.19 bits per heavy atom. The van der Waals surface area contributed by atoms with Gasteiger partial charge in [0.25, 0.3) is 11.6 Å². The number of carbonyl (C=O) groups excluding carboxylic acids is 1. The molecule has 1 saturated heterocycles. The lowest BCUT2D eigenvalue weighted by atomic mass is 9.98. The number of amides is 1. The zero-order valence-corrected chi connectivity index (χ0v) is 16.3. The quantitative estimate of drug-likeness (QED) is 0.544. The normalized spacial score (nSPS) is 14.9. The number of benzene rings is 2. The van der Waals surface area contributed by atoms with E-state index >= 15 is 0 Å². The van der Waals surface area contributed by atoms with Crippen LogP contribution in [0.4, 0.5) is 17.1 Å².